The molecule has 21 heavy (non-hydrogen) atoms. The molecule has 2 amide bonds. The Balaban J connectivity index is 2.43. The van der Waals surface area contributed by atoms with Crippen LogP contribution in [0.4, 0.5) is 5.82 Å². The van der Waals surface area contributed by atoms with Crippen LogP contribution < -0.4 is 16.4 Å². The molecule has 110 valence electrons. The maximum atomic E-state index is 12.3. The van der Waals surface area contributed by atoms with E-state index in [0.29, 0.717) is 5.82 Å². The van der Waals surface area contributed by atoms with Gasteiger partial charge in [0.05, 0.1) is 0 Å². The number of rotatable bonds is 4. The largest absolute Gasteiger partial charge is 0.373 e. The highest BCUT2D eigenvalue weighted by molar-refractivity contribution is 6.02. The van der Waals surface area contributed by atoms with Gasteiger partial charge in [-0.15, -0.1) is 0 Å². The van der Waals surface area contributed by atoms with Crippen molar-refractivity contribution in [2.24, 2.45) is 5.73 Å². The number of pyridine rings is 1. The molecule has 0 saturated carbocycles. The lowest BCUT2D eigenvalue weighted by molar-refractivity contribution is -0.122. The van der Waals surface area contributed by atoms with E-state index in [1.807, 2.05) is 24.3 Å². The van der Waals surface area contributed by atoms with Crippen molar-refractivity contribution >= 4 is 28.4 Å². The number of nitrogens with two attached hydrogens (primary N) is 1. The highest BCUT2D eigenvalue weighted by Gasteiger charge is 2.28. The molecular formula is C15H18N4O2. The molecular weight excluding hydrogens is 268 g/mol. The summed E-state index contributed by atoms with van der Waals surface area (Å²) < 4.78 is 0. The second-order valence-electron chi connectivity index (χ2n) is 5.27. The van der Waals surface area contributed by atoms with Gasteiger partial charge in [0.2, 0.25) is 5.91 Å². The standard InChI is InChI=1S/C15H18N4O2/c1-15(2,14(16)21)19-13(20)11-8-9-6-4-5-7-10(9)12(17-3)18-11/h4-8H,1-3H3,(H2,16,21)(H,17,18)(H,19,20). The van der Waals surface area contributed by atoms with Gasteiger partial charge in [-0.1, -0.05) is 24.3 Å². The molecule has 6 heteroatoms. The van der Waals surface area contributed by atoms with Gasteiger partial charge in [-0.05, 0) is 25.3 Å². The number of hydrogen-bond donors (Lipinski definition) is 3. The normalized spacial score (nSPS) is 11.2. The van der Waals surface area contributed by atoms with Gasteiger partial charge in [-0.2, -0.15) is 0 Å². The Morgan fingerprint density at radius 1 is 1.24 bits per heavy atom. The molecule has 0 radical (unpaired) electrons. The van der Waals surface area contributed by atoms with Crippen LogP contribution in [0.2, 0.25) is 0 Å². The van der Waals surface area contributed by atoms with Crippen LogP contribution >= 0.6 is 0 Å². The highest BCUT2D eigenvalue weighted by Crippen LogP contribution is 2.22. The monoisotopic (exact) mass is 286 g/mol. The van der Waals surface area contributed by atoms with Gasteiger partial charge in [0.25, 0.3) is 5.91 Å². The van der Waals surface area contributed by atoms with E-state index in [4.69, 9.17) is 5.73 Å². The molecule has 0 unspecified atom stereocenters. The van der Waals surface area contributed by atoms with Crippen molar-refractivity contribution in [3.8, 4) is 0 Å². The molecule has 0 bridgehead atoms. The van der Waals surface area contributed by atoms with Crippen LogP contribution in [-0.4, -0.2) is 29.4 Å². The maximum Gasteiger partial charge on any atom is 0.270 e. The summed E-state index contributed by atoms with van der Waals surface area (Å²) in [6.45, 7) is 3.10. The lowest BCUT2D eigenvalue weighted by Crippen LogP contribution is -2.53. The third-order valence-electron chi connectivity index (χ3n) is 3.25. The number of nitrogens with one attached hydrogen (secondary N) is 2. The Morgan fingerprint density at radius 3 is 2.52 bits per heavy atom. The van der Waals surface area contributed by atoms with E-state index < -0.39 is 17.4 Å². The number of fused-ring (bicyclic) bond motifs is 1. The van der Waals surface area contributed by atoms with Crippen molar-refractivity contribution in [3.63, 3.8) is 0 Å². The number of carbonyl (C=O) groups is 2. The summed E-state index contributed by atoms with van der Waals surface area (Å²) >= 11 is 0. The average Bonchev–Trinajstić information content (AvgIpc) is 2.45. The molecule has 0 saturated heterocycles. The molecule has 0 aliphatic rings. The average molecular weight is 286 g/mol. The fourth-order valence-corrected chi connectivity index (χ4v) is 1.92. The molecule has 1 heterocycles. The number of anilines is 1. The van der Waals surface area contributed by atoms with E-state index in [9.17, 15) is 9.59 Å². The number of carbonyl (C=O) groups excluding carboxylic acids is 2. The van der Waals surface area contributed by atoms with Crippen LogP contribution in [0.1, 0.15) is 24.3 Å². The maximum absolute atomic E-state index is 12.3. The van der Waals surface area contributed by atoms with Crippen molar-refractivity contribution in [3.05, 3.63) is 36.0 Å². The Bertz CT molecular complexity index is 710. The van der Waals surface area contributed by atoms with Gasteiger partial charge >= 0.3 is 0 Å². The van der Waals surface area contributed by atoms with Crippen molar-refractivity contribution in [1.29, 1.82) is 0 Å². The topological polar surface area (TPSA) is 97.1 Å². The third kappa shape index (κ3) is 2.94. The lowest BCUT2D eigenvalue weighted by atomic mass is 10.0. The first-order chi connectivity index (χ1) is 9.85. The summed E-state index contributed by atoms with van der Waals surface area (Å²) in [5.74, 6) is -0.443. The molecule has 1 aromatic carbocycles. The van der Waals surface area contributed by atoms with E-state index in [0.717, 1.165) is 10.8 Å². The van der Waals surface area contributed by atoms with Crippen LogP contribution in [0.3, 0.4) is 0 Å². The second kappa shape index (κ2) is 5.40. The second-order valence-corrected chi connectivity index (χ2v) is 5.27. The summed E-state index contributed by atoms with van der Waals surface area (Å²) in [4.78, 5) is 27.9. The zero-order valence-electron chi connectivity index (χ0n) is 12.2. The van der Waals surface area contributed by atoms with Crippen molar-refractivity contribution in [2.75, 3.05) is 12.4 Å². The Morgan fingerprint density at radius 2 is 1.90 bits per heavy atom. The molecule has 0 atom stereocenters. The molecule has 0 aliphatic carbocycles. The summed E-state index contributed by atoms with van der Waals surface area (Å²) in [5, 5.41) is 7.36. The Labute approximate surface area is 122 Å². The molecule has 0 aliphatic heterocycles. The SMILES string of the molecule is CNc1nc(C(=O)NC(C)(C)C(N)=O)cc2ccccc12. The molecule has 0 fully saturated rings. The number of primary amides is 1. The van der Waals surface area contributed by atoms with Crippen LogP contribution in [-0.2, 0) is 4.79 Å². The Kier molecular flexibility index (Phi) is 3.80. The number of amides is 2. The van der Waals surface area contributed by atoms with Crippen LogP contribution in [0.15, 0.2) is 30.3 Å². The fourth-order valence-electron chi connectivity index (χ4n) is 1.92. The summed E-state index contributed by atoms with van der Waals surface area (Å²) in [6.07, 6.45) is 0. The van der Waals surface area contributed by atoms with Crippen molar-refractivity contribution in [2.45, 2.75) is 19.4 Å². The van der Waals surface area contributed by atoms with Gasteiger partial charge in [0.15, 0.2) is 0 Å². The van der Waals surface area contributed by atoms with Crippen LogP contribution in [0.5, 0.6) is 0 Å². The van der Waals surface area contributed by atoms with Crippen molar-refractivity contribution in [1.82, 2.24) is 10.3 Å². The number of nitrogens with zero attached hydrogens (tertiary/aromatic N) is 1. The van der Waals surface area contributed by atoms with E-state index in [1.54, 1.807) is 27.0 Å². The summed E-state index contributed by atoms with van der Waals surface area (Å²) in [6, 6.07) is 9.29. The molecule has 2 rings (SSSR count). The van der Waals surface area contributed by atoms with E-state index in [2.05, 4.69) is 15.6 Å². The predicted octanol–water partition coefficient (Wildman–Crippen LogP) is 1.27. The fraction of sp³-hybridized carbons (Fsp3) is 0.267. The van der Waals surface area contributed by atoms with Gasteiger partial charge < -0.3 is 16.4 Å². The van der Waals surface area contributed by atoms with Crippen LogP contribution in [0.25, 0.3) is 10.8 Å². The number of hydrogen-bond acceptors (Lipinski definition) is 4. The van der Waals surface area contributed by atoms with E-state index in [-0.39, 0.29) is 5.69 Å². The molecule has 6 nitrogen and oxygen atoms in total. The predicted molar refractivity (Wildman–Crippen MR) is 82.0 cm³/mol. The lowest BCUT2D eigenvalue weighted by Gasteiger charge is -2.22. The zero-order valence-corrected chi connectivity index (χ0v) is 12.2. The first-order valence-corrected chi connectivity index (χ1v) is 6.55. The van der Waals surface area contributed by atoms with E-state index in [1.165, 1.54) is 0 Å². The van der Waals surface area contributed by atoms with Crippen molar-refractivity contribution < 1.29 is 9.59 Å². The molecule has 0 spiro atoms. The van der Waals surface area contributed by atoms with Gasteiger partial charge in [-0.25, -0.2) is 4.98 Å². The minimum atomic E-state index is -1.13. The summed E-state index contributed by atoms with van der Waals surface area (Å²) in [7, 11) is 1.74. The first-order valence-electron chi connectivity index (χ1n) is 6.55. The van der Waals surface area contributed by atoms with E-state index >= 15 is 0 Å². The molecule has 4 N–H and O–H groups in total. The number of aromatic nitrogens is 1. The summed E-state index contributed by atoms with van der Waals surface area (Å²) in [5.41, 5.74) is 4.35. The molecule has 1 aromatic heterocycles. The first kappa shape index (κ1) is 14.8. The molecule has 2 aromatic rings. The smallest absolute Gasteiger partial charge is 0.270 e. The Hall–Kier alpha value is -2.63. The highest BCUT2D eigenvalue weighted by atomic mass is 16.2. The minimum absolute atomic E-state index is 0.229. The number of benzene rings is 1. The zero-order chi connectivity index (χ0) is 15.6. The van der Waals surface area contributed by atoms with Gasteiger partial charge in [0, 0.05) is 12.4 Å². The van der Waals surface area contributed by atoms with Crippen LogP contribution in [0, 0.1) is 0 Å². The van der Waals surface area contributed by atoms with Gasteiger partial charge in [-0.3, -0.25) is 9.59 Å². The minimum Gasteiger partial charge on any atom is -0.373 e. The quantitative estimate of drug-likeness (QED) is 0.788. The van der Waals surface area contributed by atoms with Gasteiger partial charge in [0.1, 0.15) is 17.1 Å². The third-order valence-corrected chi connectivity index (χ3v) is 3.25.